The van der Waals surface area contributed by atoms with Crippen molar-refractivity contribution < 1.29 is 4.74 Å². The molecule has 2 heterocycles. The van der Waals surface area contributed by atoms with Gasteiger partial charge in [0.05, 0.1) is 11.8 Å². The Labute approximate surface area is 163 Å². The molecule has 0 amide bonds. The lowest BCUT2D eigenvalue weighted by molar-refractivity contribution is 0.0274. The number of hydrogen-bond acceptors (Lipinski definition) is 3. The Kier molecular flexibility index (Phi) is 4.98. The summed E-state index contributed by atoms with van der Waals surface area (Å²) < 4.78 is 6.40. The van der Waals surface area contributed by atoms with Gasteiger partial charge in [0.2, 0.25) is 0 Å². The highest BCUT2D eigenvalue weighted by Gasteiger charge is 2.48. The van der Waals surface area contributed by atoms with Crippen LogP contribution >= 0.6 is 0 Å². The normalized spacial score (nSPS) is 28.3. The molecule has 27 heavy (non-hydrogen) atoms. The molecule has 2 aliphatic rings. The number of hydrogen-bond donors (Lipinski definition) is 0. The minimum absolute atomic E-state index is 0.335. The molecule has 144 valence electrons. The maximum Gasteiger partial charge on any atom is 0.119 e. The van der Waals surface area contributed by atoms with Gasteiger partial charge in [0.1, 0.15) is 5.75 Å². The molecule has 1 aromatic heterocycles. The van der Waals surface area contributed by atoms with Crippen molar-refractivity contribution >= 4 is 0 Å². The third kappa shape index (κ3) is 3.75. The zero-order valence-corrected chi connectivity index (χ0v) is 17.1. The smallest absolute Gasteiger partial charge is 0.119 e. The molecule has 4 rings (SSSR count). The highest BCUT2D eigenvalue weighted by atomic mass is 16.5. The zero-order chi connectivity index (χ0) is 19.0. The van der Waals surface area contributed by atoms with Gasteiger partial charge in [-0.2, -0.15) is 0 Å². The number of ether oxygens (including phenoxy) is 1. The molecule has 1 aliphatic carbocycles. The summed E-state index contributed by atoms with van der Waals surface area (Å²) in [7, 11) is 0. The third-order valence-corrected chi connectivity index (χ3v) is 6.63. The minimum Gasteiger partial charge on any atom is -0.490 e. The van der Waals surface area contributed by atoms with Crippen molar-refractivity contribution in [3.63, 3.8) is 0 Å². The summed E-state index contributed by atoms with van der Waals surface area (Å²) in [6, 6.07) is 14.0. The van der Waals surface area contributed by atoms with Gasteiger partial charge in [-0.3, -0.25) is 9.88 Å². The Morgan fingerprint density at radius 1 is 1.11 bits per heavy atom. The van der Waals surface area contributed by atoms with Crippen LogP contribution in [0.3, 0.4) is 0 Å². The lowest BCUT2D eigenvalue weighted by Crippen LogP contribution is -2.47. The SMILES string of the molecule is Cc1ccc(-c2ccc(OC3CCC4N(C(C)C)CCC4(C)C3)cc2)nc1. The Morgan fingerprint density at radius 3 is 2.56 bits per heavy atom. The van der Waals surface area contributed by atoms with Gasteiger partial charge < -0.3 is 4.74 Å². The van der Waals surface area contributed by atoms with Gasteiger partial charge in [0, 0.05) is 23.8 Å². The predicted octanol–water partition coefficient (Wildman–Crippen LogP) is 5.48. The number of pyridine rings is 1. The van der Waals surface area contributed by atoms with Crippen LogP contribution in [0.25, 0.3) is 11.3 Å². The third-order valence-electron chi connectivity index (χ3n) is 6.63. The van der Waals surface area contributed by atoms with Gasteiger partial charge >= 0.3 is 0 Å². The van der Waals surface area contributed by atoms with Crippen LogP contribution in [0.4, 0.5) is 0 Å². The molecular weight excluding hydrogens is 332 g/mol. The van der Waals surface area contributed by atoms with Crippen LogP contribution in [0.2, 0.25) is 0 Å². The van der Waals surface area contributed by atoms with Crippen molar-refractivity contribution in [2.24, 2.45) is 5.41 Å². The van der Waals surface area contributed by atoms with Crippen molar-refractivity contribution in [2.75, 3.05) is 6.54 Å². The summed E-state index contributed by atoms with van der Waals surface area (Å²) in [6.07, 6.45) is 7.13. The number of rotatable bonds is 4. The second-order valence-electron chi connectivity index (χ2n) is 9.02. The van der Waals surface area contributed by atoms with Crippen molar-refractivity contribution in [1.29, 1.82) is 0 Å². The number of nitrogens with zero attached hydrogens (tertiary/aromatic N) is 2. The van der Waals surface area contributed by atoms with Crippen LogP contribution in [0.5, 0.6) is 5.75 Å². The second-order valence-corrected chi connectivity index (χ2v) is 9.02. The Hall–Kier alpha value is -1.87. The van der Waals surface area contributed by atoms with E-state index in [2.05, 4.69) is 74.0 Å². The molecule has 2 fully saturated rings. The number of likely N-dealkylation sites (tertiary alicyclic amines) is 1. The van der Waals surface area contributed by atoms with Crippen LogP contribution in [0.1, 0.15) is 52.0 Å². The van der Waals surface area contributed by atoms with E-state index in [4.69, 9.17) is 4.74 Å². The van der Waals surface area contributed by atoms with Gasteiger partial charge in [-0.25, -0.2) is 0 Å². The highest BCUT2D eigenvalue weighted by Crippen LogP contribution is 2.48. The number of benzene rings is 1. The molecular formula is C24H32N2O. The van der Waals surface area contributed by atoms with Gasteiger partial charge in [0.25, 0.3) is 0 Å². The fourth-order valence-corrected chi connectivity index (χ4v) is 5.08. The first-order chi connectivity index (χ1) is 12.9. The van der Waals surface area contributed by atoms with E-state index in [0.717, 1.165) is 29.5 Å². The summed E-state index contributed by atoms with van der Waals surface area (Å²) in [4.78, 5) is 7.22. The summed E-state index contributed by atoms with van der Waals surface area (Å²) in [5.41, 5.74) is 3.74. The molecule has 3 unspecified atom stereocenters. The Morgan fingerprint density at radius 2 is 1.89 bits per heavy atom. The molecule has 3 heteroatoms. The maximum atomic E-state index is 6.40. The summed E-state index contributed by atoms with van der Waals surface area (Å²) >= 11 is 0. The topological polar surface area (TPSA) is 25.4 Å². The lowest BCUT2D eigenvalue weighted by Gasteiger charge is -2.43. The fourth-order valence-electron chi connectivity index (χ4n) is 5.08. The van der Waals surface area contributed by atoms with Crippen molar-refractivity contribution in [1.82, 2.24) is 9.88 Å². The zero-order valence-electron chi connectivity index (χ0n) is 17.1. The molecule has 1 aromatic carbocycles. The molecule has 3 atom stereocenters. The predicted molar refractivity (Wildman–Crippen MR) is 111 cm³/mol. The van der Waals surface area contributed by atoms with Crippen molar-refractivity contribution in [3.8, 4) is 17.0 Å². The van der Waals surface area contributed by atoms with Crippen LogP contribution < -0.4 is 4.74 Å². The van der Waals surface area contributed by atoms with E-state index in [0.29, 0.717) is 17.6 Å². The van der Waals surface area contributed by atoms with E-state index in [9.17, 15) is 0 Å². The second kappa shape index (κ2) is 7.27. The van der Waals surface area contributed by atoms with E-state index in [-0.39, 0.29) is 0 Å². The molecule has 1 saturated heterocycles. The van der Waals surface area contributed by atoms with Crippen LogP contribution in [-0.2, 0) is 0 Å². The van der Waals surface area contributed by atoms with Gasteiger partial charge in [-0.05, 0) is 94.3 Å². The molecule has 1 saturated carbocycles. The fraction of sp³-hybridized carbons (Fsp3) is 0.542. The van der Waals surface area contributed by atoms with Crippen molar-refractivity contribution in [2.45, 2.75) is 71.6 Å². The molecule has 3 nitrogen and oxygen atoms in total. The van der Waals surface area contributed by atoms with E-state index in [1.54, 1.807) is 0 Å². The van der Waals surface area contributed by atoms with Crippen LogP contribution in [0.15, 0.2) is 42.6 Å². The maximum absolute atomic E-state index is 6.40. The molecule has 2 aromatic rings. The Balaban J connectivity index is 1.41. The number of aromatic nitrogens is 1. The molecule has 0 bridgehead atoms. The molecule has 0 spiro atoms. The van der Waals surface area contributed by atoms with Crippen LogP contribution in [0, 0.1) is 12.3 Å². The average Bonchev–Trinajstić information content (AvgIpc) is 3.00. The van der Waals surface area contributed by atoms with E-state index >= 15 is 0 Å². The summed E-state index contributed by atoms with van der Waals surface area (Å²) in [6.45, 7) is 10.4. The van der Waals surface area contributed by atoms with Crippen LogP contribution in [-0.4, -0.2) is 34.6 Å². The minimum atomic E-state index is 0.335. The first-order valence-corrected chi connectivity index (χ1v) is 10.4. The Bertz CT molecular complexity index is 768. The lowest BCUT2D eigenvalue weighted by atomic mass is 9.70. The van der Waals surface area contributed by atoms with E-state index in [1.807, 2.05) is 6.20 Å². The quantitative estimate of drug-likeness (QED) is 0.718. The molecule has 1 aliphatic heterocycles. The number of aryl methyl sites for hydroxylation is 1. The van der Waals surface area contributed by atoms with E-state index < -0.39 is 0 Å². The first-order valence-electron chi connectivity index (χ1n) is 10.4. The number of fused-ring (bicyclic) bond motifs is 1. The highest BCUT2D eigenvalue weighted by molar-refractivity contribution is 5.60. The molecule has 0 radical (unpaired) electrons. The average molecular weight is 365 g/mol. The van der Waals surface area contributed by atoms with Gasteiger partial charge in [-0.1, -0.05) is 13.0 Å². The summed E-state index contributed by atoms with van der Waals surface area (Å²) in [5.74, 6) is 0.983. The monoisotopic (exact) mass is 364 g/mol. The van der Waals surface area contributed by atoms with Gasteiger partial charge in [-0.15, -0.1) is 0 Å². The van der Waals surface area contributed by atoms with Gasteiger partial charge in [0.15, 0.2) is 0 Å². The standard InChI is InChI=1S/C24H32N2O/c1-17(2)26-14-13-24(4)15-21(10-12-23(24)26)27-20-8-6-19(7-9-20)22-11-5-18(3)16-25-22/h5-9,11,16-17,21,23H,10,12-15H2,1-4H3. The van der Waals surface area contributed by atoms with E-state index in [1.165, 1.54) is 31.4 Å². The largest absolute Gasteiger partial charge is 0.490 e. The van der Waals surface area contributed by atoms with Crippen molar-refractivity contribution in [3.05, 3.63) is 48.2 Å². The summed E-state index contributed by atoms with van der Waals surface area (Å²) in [5, 5.41) is 0. The molecule has 0 N–H and O–H groups in total. The first kappa shape index (κ1) is 18.5.